The Bertz CT molecular complexity index is 938. The number of benzene rings is 1. The first-order valence-electron chi connectivity index (χ1n) is 8.05. The van der Waals surface area contributed by atoms with Gasteiger partial charge in [-0.3, -0.25) is 10.2 Å². The summed E-state index contributed by atoms with van der Waals surface area (Å²) in [5.41, 5.74) is 5.80. The molecule has 2 rings (SSSR count). The second-order valence-electron chi connectivity index (χ2n) is 5.91. The number of nitrogens with one attached hydrogen (secondary N) is 1. The van der Waals surface area contributed by atoms with Gasteiger partial charge in [0.15, 0.2) is 0 Å². The van der Waals surface area contributed by atoms with E-state index in [9.17, 15) is 27.6 Å². The zero-order chi connectivity index (χ0) is 21.8. The fraction of sp³-hybridized carbons (Fsp3) is 0.222. The van der Waals surface area contributed by atoms with E-state index in [0.29, 0.717) is 10.4 Å². The smallest absolute Gasteiger partial charge is 0.422 e. The van der Waals surface area contributed by atoms with Crippen molar-refractivity contribution in [3.63, 3.8) is 0 Å². The third-order valence-corrected chi connectivity index (χ3v) is 4.66. The number of halogens is 3. The molecule has 0 bridgehead atoms. The van der Waals surface area contributed by atoms with Gasteiger partial charge in [-0.25, -0.2) is 9.59 Å². The number of amidine groups is 1. The Morgan fingerprint density at radius 1 is 1.14 bits per heavy atom. The van der Waals surface area contributed by atoms with Gasteiger partial charge in [0.2, 0.25) is 0 Å². The van der Waals surface area contributed by atoms with Crippen LogP contribution in [0.2, 0.25) is 0 Å². The molecule has 0 saturated heterocycles. The number of hydrogen-bond donors (Lipinski definition) is 2. The van der Waals surface area contributed by atoms with Crippen molar-refractivity contribution in [1.82, 2.24) is 0 Å². The number of carbonyl (C=O) groups excluding carboxylic acids is 3. The average molecular weight is 428 g/mol. The van der Waals surface area contributed by atoms with E-state index in [1.165, 1.54) is 43.3 Å². The zero-order valence-corrected chi connectivity index (χ0v) is 15.7. The molecule has 1 aromatic heterocycles. The maximum Gasteiger partial charge on any atom is 0.491 e. The van der Waals surface area contributed by atoms with Crippen LogP contribution >= 0.6 is 11.3 Å². The van der Waals surface area contributed by atoms with Crippen LogP contribution in [-0.4, -0.2) is 29.9 Å². The van der Waals surface area contributed by atoms with Crippen molar-refractivity contribution in [2.45, 2.75) is 19.5 Å². The van der Waals surface area contributed by atoms with Crippen molar-refractivity contribution in [1.29, 1.82) is 5.41 Å². The zero-order valence-electron chi connectivity index (χ0n) is 14.9. The van der Waals surface area contributed by atoms with Crippen LogP contribution in [-0.2, 0) is 20.7 Å². The maximum absolute atomic E-state index is 12.2. The minimum absolute atomic E-state index is 0.0186. The number of nitrogen functional groups attached to an aromatic ring is 1. The summed E-state index contributed by atoms with van der Waals surface area (Å²) in [4.78, 5) is 35.2. The van der Waals surface area contributed by atoms with Gasteiger partial charge >= 0.3 is 24.1 Å². The molecular weight excluding hydrogens is 413 g/mol. The minimum Gasteiger partial charge on any atom is -0.422 e. The Morgan fingerprint density at radius 2 is 1.76 bits per heavy atom. The summed E-state index contributed by atoms with van der Waals surface area (Å²) in [7, 11) is 0. The fourth-order valence-electron chi connectivity index (χ4n) is 2.09. The van der Waals surface area contributed by atoms with Crippen LogP contribution < -0.4 is 10.5 Å². The lowest BCUT2D eigenvalue weighted by atomic mass is 10.1. The molecule has 3 N–H and O–H groups in total. The van der Waals surface area contributed by atoms with Gasteiger partial charge in [0.05, 0.1) is 5.92 Å². The fourth-order valence-corrected chi connectivity index (χ4v) is 3.11. The molecule has 0 spiro atoms. The van der Waals surface area contributed by atoms with E-state index in [-0.39, 0.29) is 22.9 Å². The summed E-state index contributed by atoms with van der Waals surface area (Å²) in [5, 5.41) is 7.30. The highest BCUT2D eigenvalue weighted by Gasteiger charge is 2.43. The summed E-state index contributed by atoms with van der Waals surface area (Å²) in [6.45, 7) is 1.31. The number of esters is 3. The van der Waals surface area contributed by atoms with E-state index in [2.05, 4.69) is 4.74 Å². The second-order valence-corrected chi connectivity index (χ2v) is 7.07. The normalized spacial score (nSPS) is 12.1. The molecule has 7 nitrogen and oxygen atoms in total. The molecule has 1 unspecified atom stereocenters. The first kappa shape index (κ1) is 22.1. The van der Waals surface area contributed by atoms with E-state index < -0.39 is 30.0 Å². The van der Waals surface area contributed by atoms with Crippen molar-refractivity contribution in [2.24, 2.45) is 11.7 Å². The van der Waals surface area contributed by atoms with E-state index in [1.807, 2.05) is 0 Å². The summed E-state index contributed by atoms with van der Waals surface area (Å²) in [6.07, 6.45) is -5.27. The van der Waals surface area contributed by atoms with Gasteiger partial charge in [0, 0.05) is 10.4 Å². The van der Waals surface area contributed by atoms with E-state index in [0.717, 1.165) is 11.3 Å². The number of thiophene rings is 1. The molecule has 0 aliphatic carbocycles. The molecule has 1 atom stereocenters. The van der Waals surface area contributed by atoms with Crippen molar-refractivity contribution in [3.05, 3.63) is 51.7 Å². The predicted molar refractivity (Wildman–Crippen MR) is 96.8 cm³/mol. The first-order chi connectivity index (χ1) is 13.5. The summed E-state index contributed by atoms with van der Waals surface area (Å²) in [6, 6.07) is 8.94. The van der Waals surface area contributed by atoms with Crippen molar-refractivity contribution < 1.29 is 37.0 Å². The Morgan fingerprint density at radius 3 is 2.31 bits per heavy atom. The number of carbonyl (C=O) groups is 3. The molecule has 0 saturated carbocycles. The molecule has 1 heterocycles. The van der Waals surface area contributed by atoms with E-state index >= 15 is 0 Å². The molecule has 154 valence electrons. The van der Waals surface area contributed by atoms with Gasteiger partial charge in [-0.05, 0) is 42.8 Å². The lowest BCUT2D eigenvalue weighted by Crippen LogP contribution is -2.30. The van der Waals surface area contributed by atoms with Gasteiger partial charge < -0.3 is 15.2 Å². The Kier molecular flexibility index (Phi) is 6.75. The van der Waals surface area contributed by atoms with E-state index in [4.69, 9.17) is 15.9 Å². The van der Waals surface area contributed by atoms with Crippen LogP contribution in [0.3, 0.4) is 0 Å². The SMILES string of the molecule is CC(Cc1ccc(C(=O)Oc2ccc(C(=N)N)cc2)s1)C(=O)OC(=O)C(F)(F)F. The highest BCUT2D eigenvalue weighted by atomic mass is 32.1. The van der Waals surface area contributed by atoms with Crippen molar-refractivity contribution in [2.75, 3.05) is 0 Å². The quantitative estimate of drug-likeness (QED) is 0.240. The predicted octanol–water partition coefficient (Wildman–Crippen LogP) is 3.06. The molecule has 11 heteroatoms. The summed E-state index contributed by atoms with van der Waals surface area (Å²) < 4.78 is 45.4. The maximum atomic E-state index is 12.2. The van der Waals surface area contributed by atoms with E-state index in [1.54, 1.807) is 0 Å². The largest absolute Gasteiger partial charge is 0.491 e. The van der Waals surface area contributed by atoms with Gasteiger partial charge in [-0.1, -0.05) is 6.92 Å². The molecule has 0 amide bonds. The first-order valence-corrected chi connectivity index (χ1v) is 8.87. The molecular formula is C18H15F3N2O5S. The van der Waals surface area contributed by atoms with Gasteiger partial charge in [-0.15, -0.1) is 11.3 Å². The number of rotatable bonds is 6. The number of hydrogen-bond acceptors (Lipinski definition) is 7. The number of alkyl halides is 3. The monoisotopic (exact) mass is 428 g/mol. The highest BCUT2D eigenvalue weighted by Crippen LogP contribution is 2.23. The molecule has 0 radical (unpaired) electrons. The number of ether oxygens (including phenoxy) is 2. The Labute approximate surface area is 166 Å². The molecule has 0 aliphatic rings. The average Bonchev–Trinajstić information content (AvgIpc) is 3.09. The Balaban J connectivity index is 1.95. The molecule has 29 heavy (non-hydrogen) atoms. The molecule has 0 fully saturated rings. The highest BCUT2D eigenvalue weighted by molar-refractivity contribution is 7.13. The topological polar surface area (TPSA) is 120 Å². The van der Waals surface area contributed by atoms with Gasteiger partial charge in [0.25, 0.3) is 0 Å². The number of nitrogens with two attached hydrogens (primary N) is 1. The standard InChI is InChI=1S/C18H15F3N2O5S/c1-9(15(24)28-17(26)18(19,20)21)8-12-6-7-13(29-12)16(25)27-11-4-2-10(3-5-11)14(22)23/h2-7,9H,8H2,1H3,(H3,22,23). The molecule has 1 aromatic carbocycles. The summed E-state index contributed by atoms with van der Waals surface area (Å²) >= 11 is 0.995. The van der Waals surface area contributed by atoms with Crippen LogP contribution in [0.4, 0.5) is 13.2 Å². The summed E-state index contributed by atoms with van der Waals surface area (Å²) in [5.74, 6) is -5.47. The van der Waals surface area contributed by atoms with Crippen molar-refractivity contribution >= 4 is 35.1 Å². The van der Waals surface area contributed by atoms with Crippen LogP contribution in [0.1, 0.15) is 27.0 Å². The third-order valence-electron chi connectivity index (χ3n) is 3.57. The second kappa shape index (κ2) is 8.86. The minimum atomic E-state index is -5.25. The van der Waals surface area contributed by atoms with Crippen LogP contribution in [0.5, 0.6) is 5.75 Å². The third kappa shape index (κ3) is 6.14. The Hall–Kier alpha value is -3.21. The van der Waals surface area contributed by atoms with Crippen LogP contribution in [0.25, 0.3) is 0 Å². The lowest BCUT2D eigenvalue weighted by Gasteiger charge is -2.10. The molecule has 2 aromatic rings. The molecule has 0 aliphatic heterocycles. The van der Waals surface area contributed by atoms with Crippen molar-refractivity contribution in [3.8, 4) is 5.75 Å². The lowest BCUT2D eigenvalue weighted by molar-refractivity contribution is -0.203. The van der Waals surface area contributed by atoms with Crippen LogP contribution in [0.15, 0.2) is 36.4 Å². The van der Waals surface area contributed by atoms with Crippen LogP contribution in [0, 0.1) is 11.3 Å². The van der Waals surface area contributed by atoms with Gasteiger partial charge in [0.1, 0.15) is 16.5 Å². The van der Waals surface area contributed by atoms with Gasteiger partial charge in [-0.2, -0.15) is 13.2 Å².